The Morgan fingerprint density at radius 1 is 1.58 bits per heavy atom. The number of pyridine rings is 1. The normalized spacial score (nSPS) is 21.7. The molecule has 0 bridgehead atoms. The van der Waals surface area contributed by atoms with Crippen LogP contribution in [-0.2, 0) is 11.2 Å². The molecule has 0 aliphatic heterocycles. The first-order chi connectivity index (χ1) is 9.21. The van der Waals surface area contributed by atoms with Crippen molar-refractivity contribution in [2.45, 2.75) is 43.7 Å². The van der Waals surface area contributed by atoms with E-state index in [2.05, 4.69) is 11.1 Å². The maximum Gasteiger partial charge on any atom is 0.142 e. The van der Waals surface area contributed by atoms with Crippen molar-refractivity contribution >= 4 is 0 Å². The van der Waals surface area contributed by atoms with Crippen LogP contribution in [0.3, 0.4) is 0 Å². The van der Waals surface area contributed by atoms with Crippen molar-refractivity contribution in [3.8, 4) is 0 Å². The van der Waals surface area contributed by atoms with Gasteiger partial charge in [-0.15, -0.1) is 0 Å². The van der Waals surface area contributed by atoms with Crippen molar-refractivity contribution in [3.63, 3.8) is 0 Å². The highest BCUT2D eigenvalue weighted by Crippen LogP contribution is 2.42. The summed E-state index contributed by atoms with van der Waals surface area (Å²) < 4.78 is 20.5. The number of rotatable bonds is 6. The summed E-state index contributed by atoms with van der Waals surface area (Å²) >= 11 is 0. The summed E-state index contributed by atoms with van der Waals surface area (Å²) in [5.74, 6) is -0.163. The van der Waals surface area contributed by atoms with E-state index in [-0.39, 0.29) is 12.5 Å². The molecule has 1 aromatic heterocycles. The van der Waals surface area contributed by atoms with E-state index in [4.69, 9.17) is 10.5 Å². The fourth-order valence-electron chi connectivity index (χ4n) is 3.10. The molecule has 0 aromatic carbocycles. The standard InChI is InChI=1S/C15H23FN2O/c1-19-11-15(16,8-4-9-17)13-7-2-5-12-6-3-10-18-14(12)13/h3,6,10,13H,2,4-5,7-9,11,17H2,1H3. The molecule has 0 fully saturated rings. The summed E-state index contributed by atoms with van der Waals surface area (Å²) in [7, 11) is 1.55. The summed E-state index contributed by atoms with van der Waals surface area (Å²) in [6.45, 7) is 0.630. The minimum absolute atomic E-state index is 0.119. The first-order valence-corrected chi connectivity index (χ1v) is 7.03. The van der Waals surface area contributed by atoms with Crippen LogP contribution in [0.15, 0.2) is 18.3 Å². The van der Waals surface area contributed by atoms with Gasteiger partial charge in [0.2, 0.25) is 0 Å². The lowest BCUT2D eigenvalue weighted by molar-refractivity contribution is 0.00624. The molecule has 2 rings (SSSR count). The molecular formula is C15H23FN2O. The van der Waals surface area contributed by atoms with Gasteiger partial charge in [0.1, 0.15) is 5.67 Å². The van der Waals surface area contributed by atoms with Crippen LogP contribution in [0.4, 0.5) is 4.39 Å². The van der Waals surface area contributed by atoms with E-state index in [1.807, 2.05) is 6.07 Å². The third-order valence-electron chi connectivity index (χ3n) is 4.00. The largest absolute Gasteiger partial charge is 0.381 e. The van der Waals surface area contributed by atoms with Crippen LogP contribution >= 0.6 is 0 Å². The summed E-state index contributed by atoms with van der Waals surface area (Å²) in [4.78, 5) is 4.43. The predicted molar refractivity (Wildman–Crippen MR) is 73.9 cm³/mol. The van der Waals surface area contributed by atoms with Crippen molar-refractivity contribution < 1.29 is 9.13 Å². The minimum Gasteiger partial charge on any atom is -0.381 e. The predicted octanol–water partition coefficient (Wildman–Crippen LogP) is 2.60. The summed E-state index contributed by atoms with van der Waals surface area (Å²) in [5.41, 5.74) is 6.29. The van der Waals surface area contributed by atoms with Gasteiger partial charge in [0.15, 0.2) is 0 Å². The molecule has 1 aliphatic carbocycles. The smallest absolute Gasteiger partial charge is 0.142 e. The number of alkyl halides is 1. The molecule has 106 valence electrons. The lowest BCUT2D eigenvalue weighted by Gasteiger charge is -2.36. The number of fused-ring (bicyclic) bond motifs is 1. The van der Waals surface area contributed by atoms with Crippen LogP contribution in [-0.4, -0.2) is 30.9 Å². The van der Waals surface area contributed by atoms with E-state index in [1.165, 1.54) is 5.56 Å². The van der Waals surface area contributed by atoms with Gasteiger partial charge in [0.25, 0.3) is 0 Å². The number of hydrogen-bond acceptors (Lipinski definition) is 3. The zero-order chi connectivity index (χ0) is 13.7. The summed E-state index contributed by atoms with van der Waals surface area (Å²) in [6.07, 6.45) is 5.74. The molecule has 1 aromatic rings. The molecular weight excluding hydrogens is 243 g/mol. The number of methoxy groups -OCH3 is 1. The van der Waals surface area contributed by atoms with Gasteiger partial charge in [-0.1, -0.05) is 6.07 Å². The molecule has 4 heteroatoms. The first-order valence-electron chi connectivity index (χ1n) is 7.03. The average molecular weight is 266 g/mol. The molecule has 1 heterocycles. The number of hydrogen-bond donors (Lipinski definition) is 1. The van der Waals surface area contributed by atoms with Gasteiger partial charge in [-0.25, -0.2) is 4.39 Å². The molecule has 2 N–H and O–H groups in total. The van der Waals surface area contributed by atoms with Crippen LogP contribution in [0.25, 0.3) is 0 Å². The zero-order valence-corrected chi connectivity index (χ0v) is 11.6. The Balaban J connectivity index is 2.27. The Bertz CT molecular complexity index is 413. The number of aryl methyl sites for hydroxylation is 1. The number of nitrogens with zero attached hydrogens (tertiary/aromatic N) is 1. The third kappa shape index (κ3) is 3.12. The minimum atomic E-state index is -1.35. The zero-order valence-electron chi connectivity index (χ0n) is 11.6. The van der Waals surface area contributed by atoms with Crippen molar-refractivity contribution in [2.75, 3.05) is 20.3 Å². The highest BCUT2D eigenvalue weighted by molar-refractivity contribution is 5.28. The van der Waals surface area contributed by atoms with Crippen LogP contribution in [0.2, 0.25) is 0 Å². The highest BCUT2D eigenvalue weighted by Gasteiger charge is 2.42. The van der Waals surface area contributed by atoms with Crippen molar-refractivity contribution in [1.82, 2.24) is 4.98 Å². The lowest BCUT2D eigenvalue weighted by atomic mass is 9.75. The quantitative estimate of drug-likeness (QED) is 0.861. The van der Waals surface area contributed by atoms with E-state index >= 15 is 4.39 Å². The summed E-state index contributed by atoms with van der Waals surface area (Å²) in [5, 5.41) is 0. The fraction of sp³-hybridized carbons (Fsp3) is 0.667. The SMILES string of the molecule is COCC(F)(CCCN)C1CCCc2cccnc21. The van der Waals surface area contributed by atoms with Crippen LogP contribution in [0.5, 0.6) is 0 Å². The Morgan fingerprint density at radius 2 is 2.42 bits per heavy atom. The van der Waals surface area contributed by atoms with Crippen molar-refractivity contribution in [3.05, 3.63) is 29.6 Å². The van der Waals surface area contributed by atoms with Gasteiger partial charge < -0.3 is 10.5 Å². The Hall–Kier alpha value is -1.00. The van der Waals surface area contributed by atoms with E-state index in [1.54, 1.807) is 13.3 Å². The molecule has 0 saturated heterocycles. The molecule has 0 amide bonds. The molecule has 0 spiro atoms. The Kier molecular flexibility index (Phi) is 4.88. The summed E-state index contributed by atoms with van der Waals surface area (Å²) in [6, 6.07) is 3.99. The van der Waals surface area contributed by atoms with Crippen molar-refractivity contribution in [2.24, 2.45) is 5.73 Å². The Morgan fingerprint density at radius 3 is 3.16 bits per heavy atom. The van der Waals surface area contributed by atoms with Gasteiger partial charge in [-0.05, 0) is 50.3 Å². The number of halogens is 1. The maximum atomic E-state index is 15.3. The van der Waals surface area contributed by atoms with E-state index in [0.717, 1.165) is 25.0 Å². The third-order valence-corrected chi connectivity index (χ3v) is 4.00. The monoisotopic (exact) mass is 266 g/mol. The average Bonchev–Trinajstić information content (AvgIpc) is 2.45. The van der Waals surface area contributed by atoms with Crippen LogP contribution in [0, 0.1) is 0 Å². The molecule has 19 heavy (non-hydrogen) atoms. The first kappa shape index (κ1) is 14.4. The van der Waals surface area contributed by atoms with Crippen molar-refractivity contribution in [1.29, 1.82) is 0 Å². The number of aromatic nitrogens is 1. The number of nitrogens with two attached hydrogens (primary N) is 1. The Labute approximate surface area is 114 Å². The van der Waals surface area contributed by atoms with E-state index < -0.39 is 5.67 Å². The highest BCUT2D eigenvalue weighted by atomic mass is 19.1. The second kappa shape index (κ2) is 6.44. The molecule has 3 nitrogen and oxygen atoms in total. The molecule has 0 radical (unpaired) electrons. The lowest BCUT2D eigenvalue weighted by Crippen LogP contribution is -2.39. The van der Waals surface area contributed by atoms with Gasteiger partial charge in [-0.3, -0.25) is 4.98 Å². The topological polar surface area (TPSA) is 48.1 Å². The molecule has 0 saturated carbocycles. The van der Waals surface area contributed by atoms with Crippen LogP contribution in [0.1, 0.15) is 42.9 Å². The van der Waals surface area contributed by atoms with E-state index in [0.29, 0.717) is 19.4 Å². The van der Waals surface area contributed by atoms with Crippen LogP contribution < -0.4 is 5.73 Å². The fourth-order valence-corrected chi connectivity index (χ4v) is 3.10. The molecule has 2 unspecified atom stereocenters. The number of ether oxygens (including phenoxy) is 1. The maximum absolute atomic E-state index is 15.3. The van der Waals surface area contributed by atoms with Gasteiger partial charge in [0, 0.05) is 24.9 Å². The molecule has 1 aliphatic rings. The molecule has 2 atom stereocenters. The van der Waals surface area contributed by atoms with Gasteiger partial charge in [-0.2, -0.15) is 0 Å². The van der Waals surface area contributed by atoms with Gasteiger partial charge in [0.05, 0.1) is 6.61 Å². The second-order valence-corrected chi connectivity index (χ2v) is 5.35. The second-order valence-electron chi connectivity index (χ2n) is 5.35. The van der Waals surface area contributed by atoms with Gasteiger partial charge >= 0.3 is 0 Å². The van der Waals surface area contributed by atoms with E-state index in [9.17, 15) is 0 Å².